The molecule has 0 aliphatic carbocycles. The molecule has 1 saturated heterocycles. The van der Waals surface area contributed by atoms with Crippen LogP contribution in [0.5, 0.6) is 5.75 Å². The van der Waals surface area contributed by atoms with Crippen molar-refractivity contribution in [2.45, 2.75) is 45.6 Å². The van der Waals surface area contributed by atoms with Crippen LogP contribution >= 0.6 is 0 Å². The summed E-state index contributed by atoms with van der Waals surface area (Å²) in [4.78, 5) is 35.5. The molecule has 1 aliphatic rings. The van der Waals surface area contributed by atoms with Gasteiger partial charge in [0.1, 0.15) is 5.54 Å². The zero-order valence-corrected chi connectivity index (χ0v) is 25.2. The highest BCUT2D eigenvalue weighted by Gasteiger charge is 2.36. The molecule has 0 spiro atoms. The third-order valence-electron chi connectivity index (χ3n) is 8.44. The fourth-order valence-corrected chi connectivity index (χ4v) is 5.58. The number of halogens is 2. The predicted molar refractivity (Wildman–Crippen MR) is 162 cm³/mol. The first-order chi connectivity index (χ1) is 21.0. The second-order valence-corrected chi connectivity index (χ2v) is 11.4. The summed E-state index contributed by atoms with van der Waals surface area (Å²) in [5.74, 6) is -2.61. The maximum Gasteiger partial charge on any atom is 0.323 e. The van der Waals surface area contributed by atoms with E-state index in [-0.39, 0.29) is 23.1 Å². The Bertz CT molecular complexity index is 1700. The van der Waals surface area contributed by atoms with Crippen molar-refractivity contribution in [3.05, 3.63) is 71.7 Å². The van der Waals surface area contributed by atoms with Crippen LogP contribution in [-0.4, -0.2) is 68.5 Å². The molecule has 3 heterocycles. The Hall–Kier alpha value is -4.58. The number of likely N-dealkylation sites (tertiary alicyclic amines) is 1. The van der Waals surface area contributed by atoms with Crippen LogP contribution in [0.1, 0.15) is 49.5 Å². The molecular weight excluding hydrogens is 570 g/mol. The van der Waals surface area contributed by atoms with Crippen LogP contribution in [0.25, 0.3) is 16.9 Å². The van der Waals surface area contributed by atoms with E-state index in [9.17, 15) is 23.5 Å². The SMILES string of the molecule is CCc1cc(Nc2nccn3c(-c4ccc(OC)c(F)c4F)cnc23)ccc1C(=O)NCC1CCN(C(C)(C)C(=O)O)CC1. The molecule has 3 N–H and O–H groups in total. The number of anilines is 2. The number of carbonyl (C=O) groups is 2. The number of fused-ring (bicyclic) bond motifs is 1. The van der Waals surface area contributed by atoms with Gasteiger partial charge in [0.05, 0.1) is 19.0 Å². The van der Waals surface area contributed by atoms with Crippen LogP contribution in [-0.2, 0) is 11.2 Å². The second-order valence-electron chi connectivity index (χ2n) is 11.4. The largest absolute Gasteiger partial charge is 0.494 e. The Kier molecular flexibility index (Phi) is 8.82. The monoisotopic (exact) mass is 606 g/mol. The summed E-state index contributed by atoms with van der Waals surface area (Å²) in [6.07, 6.45) is 6.85. The number of benzene rings is 2. The molecule has 0 unspecified atom stereocenters. The summed E-state index contributed by atoms with van der Waals surface area (Å²) in [5, 5.41) is 15.8. The van der Waals surface area contributed by atoms with E-state index in [2.05, 4.69) is 20.6 Å². The zero-order chi connectivity index (χ0) is 31.6. The number of carboxylic acids is 1. The predicted octanol–water partition coefficient (Wildman–Crippen LogP) is 5.29. The van der Waals surface area contributed by atoms with E-state index < -0.39 is 23.1 Å². The quantitative estimate of drug-likeness (QED) is 0.223. The molecule has 232 valence electrons. The molecule has 2 aromatic heterocycles. The number of nitrogens with zero attached hydrogens (tertiary/aromatic N) is 4. The number of hydrogen-bond acceptors (Lipinski definition) is 7. The molecule has 0 radical (unpaired) electrons. The van der Waals surface area contributed by atoms with Gasteiger partial charge in [-0.05, 0) is 88.0 Å². The average Bonchev–Trinajstić information content (AvgIpc) is 3.46. The number of aryl methyl sites for hydroxylation is 1. The maximum absolute atomic E-state index is 14.8. The standard InChI is InChI=1S/C32H36F2N6O4/c1-5-20-16-21(6-7-22(20)30(41)37-17-19-10-13-39(14-11-19)32(2,3)31(42)43)38-28-29-36-18-24(40(29)15-12-35-28)23-8-9-25(44-4)27(34)26(23)33/h6-9,12,15-16,18-19H,5,10-11,13-14,17H2,1-4H3,(H,35,38)(H,37,41)(H,42,43). The van der Waals surface area contributed by atoms with E-state index in [0.717, 1.165) is 18.4 Å². The molecule has 0 saturated carbocycles. The van der Waals surface area contributed by atoms with E-state index in [0.29, 0.717) is 54.5 Å². The number of imidazole rings is 1. The van der Waals surface area contributed by atoms with Gasteiger partial charge in [-0.1, -0.05) is 6.92 Å². The normalized spacial score (nSPS) is 14.5. The molecule has 0 atom stereocenters. The van der Waals surface area contributed by atoms with Gasteiger partial charge in [0.2, 0.25) is 5.82 Å². The highest BCUT2D eigenvalue weighted by molar-refractivity contribution is 5.96. The Morgan fingerprint density at radius 3 is 2.55 bits per heavy atom. The number of nitrogens with one attached hydrogen (secondary N) is 2. The highest BCUT2D eigenvalue weighted by atomic mass is 19.2. The fraction of sp³-hybridized carbons (Fsp3) is 0.375. The molecule has 0 bridgehead atoms. The lowest BCUT2D eigenvalue weighted by Gasteiger charge is -2.40. The van der Waals surface area contributed by atoms with Crippen LogP contribution < -0.4 is 15.4 Å². The first-order valence-electron chi connectivity index (χ1n) is 14.6. The van der Waals surface area contributed by atoms with Crippen molar-refractivity contribution in [1.82, 2.24) is 24.6 Å². The summed E-state index contributed by atoms with van der Waals surface area (Å²) >= 11 is 0. The van der Waals surface area contributed by atoms with Crippen molar-refractivity contribution in [2.75, 3.05) is 32.1 Å². The number of carbonyl (C=O) groups excluding carboxylic acids is 1. The summed E-state index contributed by atoms with van der Waals surface area (Å²) in [5.41, 5.74) is 2.00. The third kappa shape index (κ3) is 5.94. The molecule has 4 aromatic rings. The Morgan fingerprint density at radius 1 is 1.11 bits per heavy atom. The number of methoxy groups -OCH3 is 1. The summed E-state index contributed by atoms with van der Waals surface area (Å²) in [6, 6.07) is 8.24. The maximum atomic E-state index is 14.8. The number of rotatable bonds is 10. The number of ether oxygens (including phenoxy) is 1. The van der Waals surface area contributed by atoms with Crippen molar-refractivity contribution in [1.29, 1.82) is 0 Å². The molecule has 1 amide bonds. The lowest BCUT2D eigenvalue weighted by molar-refractivity contribution is -0.150. The average molecular weight is 607 g/mol. The van der Waals surface area contributed by atoms with Crippen molar-refractivity contribution in [3.8, 4) is 17.0 Å². The lowest BCUT2D eigenvalue weighted by Crippen LogP contribution is -2.53. The number of carboxylic acid groups (broad SMARTS) is 1. The smallest absolute Gasteiger partial charge is 0.323 e. The van der Waals surface area contributed by atoms with Gasteiger partial charge in [-0.25, -0.2) is 14.4 Å². The Balaban J connectivity index is 1.27. The lowest BCUT2D eigenvalue weighted by atomic mass is 9.92. The van der Waals surface area contributed by atoms with E-state index in [4.69, 9.17) is 4.74 Å². The van der Waals surface area contributed by atoms with Gasteiger partial charge >= 0.3 is 5.97 Å². The molecular formula is C32H36F2N6O4. The minimum Gasteiger partial charge on any atom is -0.494 e. The highest BCUT2D eigenvalue weighted by Crippen LogP contribution is 2.32. The van der Waals surface area contributed by atoms with Crippen molar-refractivity contribution in [3.63, 3.8) is 0 Å². The number of amides is 1. The van der Waals surface area contributed by atoms with Gasteiger partial charge in [0.15, 0.2) is 23.0 Å². The number of hydrogen-bond donors (Lipinski definition) is 3. The van der Waals surface area contributed by atoms with Crippen molar-refractivity contribution >= 4 is 29.0 Å². The second kappa shape index (κ2) is 12.6. The minimum atomic E-state index is -1.08. The van der Waals surface area contributed by atoms with Gasteiger partial charge in [0.25, 0.3) is 5.91 Å². The molecule has 2 aromatic carbocycles. The molecule has 10 nitrogen and oxygen atoms in total. The van der Waals surface area contributed by atoms with Crippen LogP contribution in [0.2, 0.25) is 0 Å². The molecule has 12 heteroatoms. The molecule has 1 aliphatic heterocycles. The third-order valence-corrected chi connectivity index (χ3v) is 8.44. The summed E-state index contributed by atoms with van der Waals surface area (Å²) in [7, 11) is 1.27. The first kappa shape index (κ1) is 30.9. The molecule has 1 fully saturated rings. The van der Waals surface area contributed by atoms with Crippen molar-refractivity contribution in [2.24, 2.45) is 5.92 Å². The van der Waals surface area contributed by atoms with Crippen LogP contribution in [0, 0.1) is 17.6 Å². The zero-order valence-electron chi connectivity index (χ0n) is 25.2. The number of piperidine rings is 1. The Morgan fingerprint density at radius 2 is 1.86 bits per heavy atom. The van der Waals surface area contributed by atoms with Gasteiger partial charge < -0.3 is 20.5 Å². The van der Waals surface area contributed by atoms with Crippen LogP contribution in [0.3, 0.4) is 0 Å². The minimum absolute atomic E-state index is 0.0336. The topological polar surface area (TPSA) is 121 Å². The van der Waals surface area contributed by atoms with Gasteiger partial charge in [-0.3, -0.25) is 18.9 Å². The summed E-state index contributed by atoms with van der Waals surface area (Å²) < 4.78 is 35.7. The van der Waals surface area contributed by atoms with E-state index in [1.165, 1.54) is 31.6 Å². The van der Waals surface area contributed by atoms with E-state index in [1.807, 2.05) is 17.9 Å². The van der Waals surface area contributed by atoms with Crippen LogP contribution in [0.4, 0.5) is 20.3 Å². The van der Waals surface area contributed by atoms with Gasteiger partial charge in [0, 0.05) is 35.8 Å². The number of aliphatic carboxylic acids is 1. The van der Waals surface area contributed by atoms with E-state index >= 15 is 0 Å². The van der Waals surface area contributed by atoms with Crippen molar-refractivity contribution < 1.29 is 28.2 Å². The van der Waals surface area contributed by atoms with Crippen LogP contribution in [0.15, 0.2) is 48.9 Å². The molecule has 44 heavy (non-hydrogen) atoms. The number of aromatic nitrogens is 3. The van der Waals surface area contributed by atoms with Gasteiger partial charge in [-0.15, -0.1) is 0 Å². The first-order valence-corrected chi connectivity index (χ1v) is 14.6. The van der Waals surface area contributed by atoms with E-state index in [1.54, 1.807) is 36.6 Å². The fourth-order valence-electron chi connectivity index (χ4n) is 5.58. The van der Waals surface area contributed by atoms with Gasteiger partial charge in [-0.2, -0.15) is 4.39 Å². The molecule has 5 rings (SSSR count). The Labute approximate surface area is 254 Å². The summed E-state index contributed by atoms with van der Waals surface area (Å²) in [6.45, 7) is 7.28.